The standard InChI is InChI=1S/C10H20N2OS/c1-8(14-3)4-6-11-9-5-7-12(2)10(9)13/h8-9,11H,4-7H2,1-3H3. The summed E-state index contributed by atoms with van der Waals surface area (Å²) in [5, 5.41) is 4.00. The number of carbonyl (C=O) groups is 1. The Morgan fingerprint density at radius 1 is 1.71 bits per heavy atom. The predicted octanol–water partition coefficient (Wildman–Crippen LogP) is 0.948. The first-order valence-corrected chi connectivity index (χ1v) is 6.45. The van der Waals surface area contributed by atoms with E-state index in [-0.39, 0.29) is 11.9 Å². The van der Waals surface area contributed by atoms with E-state index in [9.17, 15) is 4.79 Å². The lowest BCUT2D eigenvalue weighted by atomic mass is 10.2. The fourth-order valence-corrected chi connectivity index (χ4v) is 1.94. The number of thioether (sulfide) groups is 1. The van der Waals surface area contributed by atoms with Gasteiger partial charge in [0.2, 0.25) is 5.91 Å². The van der Waals surface area contributed by atoms with Crippen LogP contribution in [0.5, 0.6) is 0 Å². The molecule has 1 aliphatic heterocycles. The molecule has 82 valence electrons. The van der Waals surface area contributed by atoms with Crippen molar-refractivity contribution < 1.29 is 4.79 Å². The highest BCUT2D eigenvalue weighted by Crippen LogP contribution is 2.11. The molecular weight excluding hydrogens is 196 g/mol. The van der Waals surface area contributed by atoms with E-state index in [0.29, 0.717) is 5.25 Å². The fraction of sp³-hybridized carbons (Fsp3) is 0.900. The molecule has 1 saturated heterocycles. The smallest absolute Gasteiger partial charge is 0.239 e. The number of carbonyl (C=O) groups excluding carboxylic acids is 1. The van der Waals surface area contributed by atoms with Crippen LogP contribution in [-0.2, 0) is 4.79 Å². The molecule has 1 heterocycles. The van der Waals surface area contributed by atoms with Gasteiger partial charge in [-0.15, -0.1) is 0 Å². The van der Waals surface area contributed by atoms with E-state index in [1.807, 2.05) is 18.8 Å². The third-order valence-electron chi connectivity index (χ3n) is 2.77. The summed E-state index contributed by atoms with van der Waals surface area (Å²) in [5.74, 6) is 0.252. The van der Waals surface area contributed by atoms with Crippen molar-refractivity contribution in [2.24, 2.45) is 0 Å². The second kappa shape index (κ2) is 5.61. The van der Waals surface area contributed by atoms with Crippen LogP contribution in [0.3, 0.4) is 0 Å². The molecule has 1 rings (SSSR count). The molecule has 0 radical (unpaired) electrons. The van der Waals surface area contributed by atoms with Crippen molar-refractivity contribution in [2.75, 3.05) is 26.4 Å². The first-order chi connectivity index (χ1) is 6.65. The van der Waals surface area contributed by atoms with Gasteiger partial charge in [-0.2, -0.15) is 11.8 Å². The summed E-state index contributed by atoms with van der Waals surface area (Å²) < 4.78 is 0. The van der Waals surface area contributed by atoms with Gasteiger partial charge in [0.05, 0.1) is 6.04 Å². The quantitative estimate of drug-likeness (QED) is 0.742. The lowest BCUT2D eigenvalue weighted by Gasteiger charge is -2.13. The number of amides is 1. The van der Waals surface area contributed by atoms with Crippen LogP contribution >= 0.6 is 11.8 Å². The van der Waals surface area contributed by atoms with Crippen molar-refractivity contribution in [1.82, 2.24) is 10.2 Å². The number of hydrogen-bond acceptors (Lipinski definition) is 3. The summed E-state index contributed by atoms with van der Waals surface area (Å²) in [6.07, 6.45) is 4.22. The molecule has 0 bridgehead atoms. The zero-order valence-corrected chi connectivity index (χ0v) is 10.1. The molecule has 0 aromatic heterocycles. The van der Waals surface area contributed by atoms with Gasteiger partial charge in [0.1, 0.15) is 0 Å². The van der Waals surface area contributed by atoms with Gasteiger partial charge in [0.15, 0.2) is 0 Å². The maximum absolute atomic E-state index is 11.5. The molecule has 0 spiro atoms. The fourth-order valence-electron chi connectivity index (χ4n) is 1.59. The number of likely N-dealkylation sites (N-methyl/N-ethyl adjacent to an activating group) is 1. The van der Waals surface area contributed by atoms with Crippen LogP contribution in [0, 0.1) is 0 Å². The van der Waals surface area contributed by atoms with Gasteiger partial charge in [0, 0.05) is 18.8 Å². The summed E-state index contributed by atoms with van der Waals surface area (Å²) >= 11 is 1.87. The summed E-state index contributed by atoms with van der Waals surface area (Å²) in [6.45, 7) is 4.07. The second-order valence-corrected chi connectivity index (χ2v) is 5.17. The number of nitrogens with one attached hydrogen (secondary N) is 1. The van der Waals surface area contributed by atoms with Crippen molar-refractivity contribution in [3.05, 3.63) is 0 Å². The Morgan fingerprint density at radius 3 is 2.93 bits per heavy atom. The Balaban J connectivity index is 2.16. The Morgan fingerprint density at radius 2 is 2.43 bits per heavy atom. The van der Waals surface area contributed by atoms with Crippen molar-refractivity contribution in [1.29, 1.82) is 0 Å². The van der Waals surface area contributed by atoms with E-state index in [1.165, 1.54) is 0 Å². The molecule has 2 unspecified atom stereocenters. The van der Waals surface area contributed by atoms with Crippen LogP contribution in [0.4, 0.5) is 0 Å². The minimum Gasteiger partial charge on any atom is -0.344 e. The minimum atomic E-state index is 0.0778. The van der Waals surface area contributed by atoms with Crippen molar-refractivity contribution >= 4 is 17.7 Å². The van der Waals surface area contributed by atoms with Crippen LogP contribution in [0.25, 0.3) is 0 Å². The summed E-state index contributed by atoms with van der Waals surface area (Å²) in [5.41, 5.74) is 0. The van der Waals surface area contributed by atoms with Gasteiger partial charge in [-0.25, -0.2) is 0 Å². The van der Waals surface area contributed by atoms with Crippen LogP contribution in [0.1, 0.15) is 19.8 Å². The van der Waals surface area contributed by atoms with Crippen molar-refractivity contribution in [3.8, 4) is 0 Å². The Bertz CT molecular complexity index is 199. The normalized spacial score (nSPS) is 24.4. The van der Waals surface area contributed by atoms with E-state index in [1.54, 1.807) is 4.90 Å². The van der Waals surface area contributed by atoms with Gasteiger partial charge in [-0.3, -0.25) is 4.79 Å². The van der Waals surface area contributed by atoms with E-state index in [0.717, 1.165) is 25.9 Å². The third kappa shape index (κ3) is 3.17. The molecule has 1 N–H and O–H groups in total. The van der Waals surface area contributed by atoms with Gasteiger partial charge in [-0.1, -0.05) is 6.92 Å². The van der Waals surface area contributed by atoms with E-state index >= 15 is 0 Å². The van der Waals surface area contributed by atoms with Gasteiger partial charge in [-0.05, 0) is 25.6 Å². The molecular formula is C10H20N2OS. The highest BCUT2D eigenvalue weighted by Gasteiger charge is 2.27. The average molecular weight is 216 g/mol. The van der Waals surface area contributed by atoms with Crippen molar-refractivity contribution in [2.45, 2.75) is 31.1 Å². The zero-order valence-electron chi connectivity index (χ0n) is 9.25. The van der Waals surface area contributed by atoms with E-state index < -0.39 is 0 Å². The maximum atomic E-state index is 11.5. The molecule has 0 aromatic carbocycles. The monoisotopic (exact) mass is 216 g/mol. The third-order valence-corrected chi connectivity index (χ3v) is 3.81. The molecule has 0 saturated carbocycles. The van der Waals surface area contributed by atoms with E-state index in [4.69, 9.17) is 0 Å². The van der Waals surface area contributed by atoms with Gasteiger partial charge < -0.3 is 10.2 Å². The number of hydrogen-bond donors (Lipinski definition) is 1. The Kier molecular flexibility index (Phi) is 4.75. The first-order valence-electron chi connectivity index (χ1n) is 5.16. The van der Waals surface area contributed by atoms with E-state index in [2.05, 4.69) is 18.5 Å². The SMILES string of the molecule is CSC(C)CCNC1CCN(C)C1=O. The largest absolute Gasteiger partial charge is 0.344 e. The summed E-state index contributed by atoms with van der Waals surface area (Å²) in [7, 11) is 1.87. The molecule has 0 aromatic rings. The van der Waals surface area contributed by atoms with Gasteiger partial charge in [0.25, 0.3) is 0 Å². The van der Waals surface area contributed by atoms with Crippen LogP contribution in [-0.4, -0.2) is 48.5 Å². The van der Waals surface area contributed by atoms with Crippen LogP contribution < -0.4 is 5.32 Å². The molecule has 14 heavy (non-hydrogen) atoms. The highest BCUT2D eigenvalue weighted by molar-refractivity contribution is 7.99. The van der Waals surface area contributed by atoms with Crippen LogP contribution in [0.15, 0.2) is 0 Å². The highest BCUT2D eigenvalue weighted by atomic mass is 32.2. The molecule has 4 heteroatoms. The average Bonchev–Trinajstić information content (AvgIpc) is 2.49. The van der Waals surface area contributed by atoms with Gasteiger partial charge >= 0.3 is 0 Å². The maximum Gasteiger partial charge on any atom is 0.239 e. The molecule has 3 nitrogen and oxygen atoms in total. The summed E-state index contributed by atoms with van der Waals surface area (Å²) in [4.78, 5) is 13.3. The molecule has 1 aliphatic rings. The minimum absolute atomic E-state index is 0.0778. The lowest BCUT2D eigenvalue weighted by Crippen LogP contribution is -2.37. The lowest BCUT2D eigenvalue weighted by molar-refractivity contribution is -0.128. The number of rotatable bonds is 5. The first kappa shape index (κ1) is 11.9. The zero-order chi connectivity index (χ0) is 10.6. The molecule has 0 aliphatic carbocycles. The molecule has 1 amide bonds. The Labute approximate surface area is 90.6 Å². The summed E-state index contributed by atoms with van der Waals surface area (Å²) in [6, 6.07) is 0.0778. The molecule has 2 atom stereocenters. The topological polar surface area (TPSA) is 32.3 Å². The second-order valence-electron chi connectivity index (χ2n) is 3.89. The number of likely N-dealkylation sites (tertiary alicyclic amines) is 1. The molecule has 1 fully saturated rings. The van der Waals surface area contributed by atoms with Crippen LogP contribution in [0.2, 0.25) is 0 Å². The van der Waals surface area contributed by atoms with Crippen molar-refractivity contribution in [3.63, 3.8) is 0 Å². The predicted molar refractivity (Wildman–Crippen MR) is 61.6 cm³/mol. The number of nitrogens with zero attached hydrogens (tertiary/aromatic N) is 1. The Hall–Kier alpha value is -0.220.